The van der Waals surface area contributed by atoms with Gasteiger partial charge < -0.3 is 18.3 Å². The van der Waals surface area contributed by atoms with Crippen LogP contribution in [0.5, 0.6) is 0 Å². The fourth-order valence-electron chi connectivity index (χ4n) is 19.2. The van der Waals surface area contributed by atoms with E-state index in [0.717, 1.165) is 22.7 Å². The largest absolute Gasteiger partial charge is 0.309 e. The fraction of sp³-hybridized carbons (Fsp3) is 0. The van der Waals surface area contributed by atoms with Gasteiger partial charge in [-0.05, 0) is 239 Å². The molecule has 0 radical (unpaired) electrons. The lowest BCUT2D eigenvalue weighted by Gasteiger charge is -2.20. The summed E-state index contributed by atoms with van der Waals surface area (Å²) in [4.78, 5) is 0. The monoisotopic (exact) mass is 1580 g/mol. The molecule has 4 aromatic heterocycles. The predicted molar refractivity (Wildman–Crippen MR) is 525 cm³/mol. The molecule has 0 unspecified atom stereocenters. The maximum atomic E-state index is 2.47. The average molecular weight is 1580 g/mol. The molecule has 580 valence electrons. The van der Waals surface area contributed by atoms with E-state index in [1.54, 1.807) is 0 Å². The summed E-state index contributed by atoms with van der Waals surface area (Å²) in [6.45, 7) is 0. The molecule has 20 aromatic carbocycles. The van der Waals surface area contributed by atoms with Crippen LogP contribution in [-0.2, 0) is 0 Å². The molecule has 0 aliphatic carbocycles. The number of hydrogen-bond donors (Lipinski definition) is 0. The third-order valence-electron chi connectivity index (χ3n) is 25.0. The third-order valence-corrected chi connectivity index (χ3v) is 25.0. The van der Waals surface area contributed by atoms with E-state index in [4.69, 9.17) is 0 Å². The quantitative estimate of drug-likeness (QED) is 0.103. The van der Waals surface area contributed by atoms with Crippen molar-refractivity contribution >= 4 is 87.2 Å². The predicted octanol–water partition coefficient (Wildman–Crippen LogP) is 32.4. The molecule has 124 heavy (non-hydrogen) atoms. The van der Waals surface area contributed by atoms with E-state index in [-0.39, 0.29) is 0 Å². The highest BCUT2D eigenvalue weighted by Gasteiger charge is 2.24. The van der Waals surface area contributed by atoms with Crippen LogP contribution in [0, 0.1) is 0 Å². The maximum absolute atomic E-state index is 2.47. The molecule has 4 heterocycles. The van der Waals surface area contributed by atoms with Crippen LogP contribution in [0.1, 0.15) is 0 Å². The van der Waals surface area contributed by atoms with Gasteiger partial charge in [0, 0.05) is 65.8 Å². The SMILES string of the molecule is c1ccc(-c2ccc(-c3cc(-n4c5ccccc5c5cc(-n6c7ccccc7c7ccccc76)ccc54)cc(-c4ccc(-c5ccccc5)cc4)c3-c3ccccc3)cc2)cc1.c1ccc(-c2cccc(-c3cc(-c4ccc(-n5c6ccccc6c6cc(-n7c8ccccc8c8ccccc87)ccc65)cc4)cc(-c4cccc(-c5ccccc5)c4)c3)c2)cc1. The van der Waals surface area contributed by atoms with Crippen molar-refractivity contribution in [2.75, 3.05) is 0 Å². The smallest absolute Gasteiger partial charge is 0.0542 e. The second-order valence-corrected chi connectivity index (χ2v) is 32.3. The Kier molecular flexibility index (Phi) is 18.2. The molecule has 24 aromatic rings. The van der Waals surface area contributed by atoms with Crippen LogP contribution < -0.4 is 0 Å². The van der Waals surface area contributed by atoms with Gasteiger partial charge in [0.15, 0.2) is 0 Å². The zero-order valence-electron chi connectivity index (χ0n) is 68.0. The summed E-state index contributed by atoms with van der Waals surface area (Å²) in [6.07, 6.45) is 0. The number of para-hydroxylation sites is 6. The number of rotatable bonds is 14. The molecule has 0 spiro atoms. The summed E-state index contributed by atoms with van der Waals surface area (Å²) in [6, 6.07) is 177. The molecule has 0 N–H and O–H groups in total. The topological polar surface area (TPSA) is 19.7 Å². The molecular formula is C120H80N4. The van der Waals surface area contributed by atoms with Crippen molar-refractivity contribution in [1.29, 1.82) is 0 Å². The van der Waals surface area contributed by atoms with E-state index in [1.807, 2.05) is 0 Å². The number of hydrogen-bond acceptors (Lipinski definition) is 0. The standard InChI is InChI=1S/2C60H40N2/c1-4-16-41(17-5-1)43-28-32-45(33-29-43)53-39-49(40-54(60(53)47-20-8-3-9-21-47)46-34-30-44(31-35-46)42-18-6-2-7-19-42)62-58-27-15-12-24-52(58)55-38-48(36-37-59(55)62)61-56-25-13-10-22-50(56)51-23-11-14-26-57(51)61;1-3-15-41(16-4-1)44-19-13-21-46(35-44)49-37-48(38-50(39-49)47-22-14-20-45(36-47)42-17-5-2-6-18-42)43-29-31-51(32-30-43)61-59-28-12-9-25-55(59)56-40-52(33-34-60(56)61)62-57-26-10-7-23-53(57)54-24-8-11-27-58(54)62/h2*1-40H. The Morgan fingerprint density at radius 2 is 0.315 bits per heavy atom. The Morgan fingerprint density at radius 1 is 0.105 bits per heavy atom. The van der Waals surface area contributed by atoms with Crippen molar-refractivity contribution < 1.29 is 0 Å². The molecule has 0 bridgehead atoms. The summed E-state index contributed by atoms with van der Waals surface area (Å²) in [7, 11) is 0. The van der Waals surface area contributed by atoms with Crippen LogP contribution in [0.4, 0.5) is 0 Å². The highest BCUT2D eigenvalue weighted by molar-refractivity contribution is 6.15. The van der Waals surface area contributed by atoms with Crippen molar-refractivity contribution in [3.63, 3.8) is 0 Å². The van der Waals surface area contributed by atoms with Gasteiger partial charge in [0.2, 0.25) is 0 Å². The van der Waals surface area contributed by atoms with Gasteiger partial charge in [-0.25, -0.2) is 0 Å². The minimum Gasteiger partial charge on any atom is -0.309 e. The van der Waals surface area contributed by atoms with Gasteiger partial charge in [0.25, 0.3) is 0 Å². The highest BCUT2D eigenvalue weighted by Crippen LogP contribution is 2.47. The van der Waals surface area contributed by atoms with Gasteiger partial charge in [-0.2, -0.15) is 0 Å². The molecule has 0 aliphatic heterocycles. The lowest BCUT2D eigenvalue weighted by atomic mass is 9.86. The van der Waals surface area contributed by atoms with E-state index >= 15 is 0 Å². The molecule has 0 atom stereocenters. The molecular weight excluding hydrogens is 1500 g/mol. The summed E-state index contributed by atoms with van der Waals surface area (Å²) < 4.78 is 9.71. The van der Waals surface area contributed by atoms with Crippen molar-refractivity contribution in [3.05, 3.63) is 485 Å². The van der Waals surface area contributed by atoms with Crippen molar-refractivity contribution in [2.45, 2.75) is 0 Å². The molecule has 4 heteroatoms. The normalized spacial score (nSPS) is 11.5. The van der Waals surface area contributed by atoms with E-state index in [2.05, 4.69) is 504 Å². The Morgan fingerprint density at radius 3 is 0.661 bits per heavy atom. The summed E-state index contributed by atoms with van der Waals surface area (Å²) in [5, 5.41) is 9.97. The van der Waals surface area contributed by atoms with E-state index in [9.17, 15) is 0 Å². The first-order chi connectivity index (χ1) is 61.5. The highest BCUT2D eigenvalue weighted by atomic mass is 15.0. The molecule has 24 rings (SSSR count). The molecule has 0 aliphatic rings. The van der Waals surface area contributed by atoms with E-state index in [1.165, 1.54) is 198 Å². The third kappa shape index (κ3) is 13.0. The Hall–Kier alpha value is -16.4. The number of benzene rings is 20. The Bertz CT molecular complexity index is 7840. The van der Waals surface area contributed by atoms with Crippen LogP contribution in [0.15, 0.2) is 485 Å². The van der Waals surface area contributed by atoms with Crippen molar-refractivity contribution in [3.8, 4) is 134 Å². The fourth-order valence-corrected chi connectivity index (χ4v) is 19.2. The van der Waals surface area contributed by atoms with Crippen LogP contribution in [0.3, 0.4) is 0 Å². The number of aromatic nitrogens is 4. The van der Waals surface area contributed by atoms with Gasteiger partial charge in [-0.1, -0.05) is 358 Å². The van der Waals surface area contributed by atoms with Gasteiger partial charge >= 0.3 is 0 Å². The number of nitrogens with zero attached hydrogens (tertiary/aromatic N) is 4. The van der Waals surface area contributed by atoms with Gasteiger partial charge in [-0.15, -0.1) is 0 Å². The van der Waals surface area contributed by atoms with Gasteiger partial charge in [0.05, 0.1) is 44.1 Å². The minimum absolute atomic E-state index is 1.12. The molecule has 0 saturated carbocycles. The molecule has 0 amide bonds. The van der Waals surface area contributed by atoms with Crippen LogP contribution >= 0.6 is 0 Å². The molecule has 0 saturated heterocycles. The zero-order chi connectivity index (χ0) is 82.0. The van der Waals surface area contributed by atoms with Crippen LogP contribution in [0.25, 0.3) is 221 Å². The second-order valence-electron chi connectivity index (χ2n) is 32.3. The van der Waals surface area contributed by atoms with Crippen LogP contribution in [0.2, 0.25) is 0 Å². The Balaban J connectivity index is 0.000000143. The van der Waals surface area contributed by atoms with Crippen molar-refractivity contribution in [2.24, 2.45) is 0 Å². The van der Waals surface area contributed by atoms with Gasteiger partial charge in [0.1, 0.15) is 0 Å². The first kappa shape index (κ1) is 72.8. The lowest BCUT2D eigenvalue weighted by Crippen LogP contribution is -1.99. The first-order valence-electron chi connectivity index (χ1n) is 42.7. The number of fused-ring (bicyclic) bond motifs is 12. The summed E-state index contributed by atoms with van der Waals surface area (Å²) >= 11 is 0. The van der Waals surface area contributed by atoms with Crippen molar-refractivity contribution in [1.82, 2.24) is 18.3 Å². The maximum Gasteiger partial charge on any atom is 0.0542 e. The molecule has 4 nitrogen and oxygen atoms in total. The second kappa shape index (κ2) is 31.1. The lowest BCUT2D eigenvalue weighted by molar-refractivity contribution is 1.17. The van der Waals surface area contributed by atoms with E-state index < -0.39 is 0 Å². The van der Waals surface area contributed by atoms with Gasteiger partial charge in [-0.3, -0.25) is 0 Å². The van der Waals surface area contributed by atoms with Crippen LogP contribution in [-0.4, -0.2) is 18.3 Å². The average Bonchev–Trinajstić information content (AvgIpc) is 1.54. The minimum atomic E-state index is 1.12. The van der Waals surface area contributed by atoms with E-state index in [0.29, 0.717) is 0 Å². The molecule has 0 fully saturated rings. The Labute approximate surface area is 719 Å². The zero-order valence-corrected chi connectivity index (χ0v) is 68.0. The first-order valence-corrected chi connectivity index (χ1v) is 42.7. The summed E-state index contributed by atoms with van der Waals surface area (Å²) in [5.41, 5.74) is 38.0. The summed E-state index contributed by atoms with van der Waals surface area (Å²) in [5.74, 6) is 0.